The van der Waals surface area contributed by atoms with E-state index in [2.05, 4.69) is 12.7 Å². The van der Waals surface area contributed by atoms with Crippen LogP contribution in [0.5, 0.6) is 11.5 Å². The molecule has 0 spiro atoms. The molecule has 0 N–H and O–H groups in total. The van der Waals surface area contributed by atoms with Gasteiger partial charge in [-0.3, -0.25) is 0 Å². The minimum absolute atomic E-state index is 0.00203. The molecule has 2 aliphatic rings. The summed E-state index contributed by atoms with van der Waals surface area (Å²) in [6.07, 6.45) is 12.5. The highest BCUT2D eigenvalue weighted by Gasteiger charge is 2.35. The standard InChI is InChI=1S/C29H32F2O3/c1-3-5-14-33-28-13-11-24(18-27(28)31)34-29(32)25-12-10-23(17-26(25)30)22-9-8-20-15-19(4-2)6-7-21(20)16-22/h3-5,10-13,17-22H,2,6-9,14-16H2,1H3/b5-3+. The second-order valence-corrected chi connectivity index (χ2v) is 9.44. The van der Waals surface area contributed by atoms with Gasteiger partial charge in [0.2, 0.25) is 0 Å². The molecule has 3 nitrogen and oxygen atoms in total. The molecule has 34 heavy (non-hydrogen) atoms. The van der Waals surface area contributed by atoms with E-state index in [1.54, 1.807) is 12.2 Å². The van der Waals surface area contributed by atoms with Crippen LogP contribution in [0.2, 0.25) is 0 Å². The van der Waals surface area contributed by atoms with Crippen molar-refractivity contribution in [2.75, 3.05) is 6.61 Å². The highest BCUT2D eigenvalue weighted by Crippen LogP contribution is 2.47. The quantitative estimate of drug-likeness (QED) is 0.239. The van der Waals surface area contributed by atoms with Gasteiger partial charge < -0.3 is 9.47 Å². The minimum Gasteiger partial charge on any atom is -0.486 e. The van der Waals surface area contributed by atoms with Crippen LogP contribution in [0.3, 0.4) is 0 Å². The van der Waals surface area contributed by atoms with E-state index in [0.29, 0.717) is 17.8 Å². The average molecular weight is 467 g/mol. The van der Waals surface area contributed by atoms with Crippen molar-refractivity contribution in [2.45, 2.75) is 51.4 Å². The van der Waals surface area contributed by atoms with Gasteiger partial charge in [-0.15, -0.1) is 6.58 Å². The topological polar surface area (TPSA) is 35.5 Å². The maximum Gasteiger partial charge on any atom is 0.346 e. The van der Waals surface area contributed by atoms with E-state index in [-0.39, 0.29) is 23.7 Å². The lowest BCUT2D eigenvalue weighted by Crippen LogP contribution is -2.30. The molecule has 0 radical (unpaired) electrons. The number of hydrogen-bond donors (Lipinski definition) is 0. The van der Waals surface area contributed by atoms with Gasteiger partial charge in [0, 0.05) is 6.07 Å². The van der Waals surface area contributed by atoms with Gasteiger partial charge >= 0.3 is 5.97 Å². The first-order chi connectivity index (χ1) is 16.5. The molecule has 0 saturated heterocycles. The molecule has 180 valence electrons. The second kappa shape index (κ2) is 11.0. The predicted molar refractivity (Wildman–Crippen MR) is 129 cm³/mol. The normalized spacial score (nSPS) is 24.4. The second-order valence-electron chi connectivity index (χ2n) is 9.44. The summed E-state index contributed by atoms with van der Waals surface area (Å²) in [6.45, 7) is 6.04. The number of hydrogen-bond acceptors (Lipinski definition) is 3. The Morgan fingerprint density at radius 1 is 1.03 bits per heavy atom. The van der Waals surface area contributed by atoms with Crippen LogP contribution in [0.15, 0.2) is 61.2 Å². The lowest BCUT2D eigenvalue weighted by Gasteiger charge is -2.41. The number of rotatable bonds is 7. The summed E-state index contributed by atoms with van der Waals surface area (Å²) in [5.41, 5.74) is 0.782. The number of carbonyl (C=O) groups excluding carboxylic acids is 1. The fourth-order valence-electron chi connectivity index (χ4n) is 5.45. The smallest absolute Gasteiger partial charge is 0.346 e. The number of esters is 1. The van der Waals surface area contributed by atoms with Gasteiger partial charge in [0.25, 0.3) is 0 Å². The fourth-order valence-corrected chi connectivity index (χ4v) is 5.45. The van der Waals surface area contributed by atoms with Gasteiger partial charge in [-0.1, -0.05) is 24.3 Å². The molecule has 4 rings (SSSR count). The van der Waals surface area contributed by atoms with Gasteiger partial charge in [0.05, 0.1) is 5.56 Å². The van der Waals surface area contributed by atoms with E-state index in [4.69, 9.17) is 9.47 Å². The molecule has 2 aromatic rings. The highest BCUT2D eigenvalue weighted by atomic mass is 19.1. The minimum atomic E-state index is -0.850. The Kier molecular flexibility index (Phi) is 7.81. The van der Waals surface area contributed by atoms with Crippen LogP contribution in [0.4, 0.5) is 8.78 Å². The van der Waals surface area contributed by atoms with E-state index in [1.807, 2.05) is 13.0 Å². The summed E-state index contributed by atoms with van der Waals surface area (Å²) in [7, 11) is 0. The molecule has 0 bridgehead atoms. The van der Waals surface area contributed by atoms with Crippen LogP contribution in [-0.4, -0.2) is 12.6 Å². The van der Waals surface area contributed by atoms with Crippen molar-refractivity contribution in [3.63, 3.8) is 0 Å². The zero-order chi connectivity index (χ0) is 24.1. The predicted octanol–water partition coefficient (Wildman–Crippen LogP) is 7.62. The highest BCUT2D eigenvalue weighted by molar-refractivity contribution is 5.91. The number of carbonyl (C=O) groups is 1. The zero-order valence-electron chi connectivity index (χ0n) is 19.6. The van der Waals surface area contributed by atoms with Crippen molar-refractivity contribution in [2.24, 2.45) is 17.8 Å². The van der Waals surface area contributed by atoms with Crippen LogP contribution in [0.1, 0.15) is 67.3 Å². The van der Waals surface area contributed by atoms with Crippen LogP contribution in [0, 0.1) is 29.4 Å². The lowest BCUT2D eigenvalue weighted by molar-refractivity contribution is 0.0729. The molecular formula is C29H32F2O3. The molecule has 0 heterocycles. The first kappa shape index (κ1) is 24.2. The van der Waals surface area contributed by atoms with Gasteiger partial charge in [0.15, 0.2) is 11.6 Å². The lowest BCUT2D eigenvalue weighted by atomic mass is 9.64. The van der Waals surface area contributed by atoms with Crippen molar-refractivity contribution in [1.29, 1.82) is 0 Å². The molecule has 0 amide bonds. The summed E-state index contributed by atoms with van der Waals surface area (Å²) in [5.74, 6) is 0.322. The van der Waals surface area contributed by atoms with Crippen molar-refractivity contribution in [3.8, 4) is 11.5 Å². The number of benzene rings is 2. The Balaban J connectivity index is 1.39. The van der Waals surface area contributed by atoms with Gasteiger partial charge in [-0.2, -0.15) is 0 Å². The maximum atomic E-state index is 14.9. The molecule has 4 atom stereocenters. The number of ether oxygens (including phenoxy) is 2. The number of halogens is 2. The summed E-state index contributed by atoms with van der Waals surface area (Å²) in [5, 5.41) is 0. The molecule has 0 aliphatic heterocycles. The third-order valence-corrected chi connectivity index (χ3v) is 7.36. The monoisotopic (exact) mass is 466 g/mol. The third-order valence-electron chi connectivity index (χ3n) is 7.36. The molecule has 2 aliphatic carbocycles. The van der Waals surface area contributed by atoms with Crippen molar-refractivity contribution in [3.05, 3.63) is 84.0 Å². The molecule has 4 unspecified atom stereocenters. The van der Waals surface area contributed by atoms with E-state index in [9.17, 15) is 13.6 Å². The molecule has 2 aromatic carbocycles. The first-order valence-electron chi connectivity index (χ1n) is 12.2. The van der Waals surface area contributed by atoms with E-state index in [1.165, 1.54) is 43.5 Å². The zero-order valence-corrected chi connectivity index (χ0v) is 19.6. The Hall–Kier alpha value is -2.95. The Morgan fingerprint density at radius 2 is 1.82 bits per heavy atom. The Labute approximate surface area is 200 Å². The van der Waals surface area contributed by atoms with E-state index < -0.39 is 17.6 Å². The summed E-state index contributed by atoms with van der Waals surface area (Å²) in [4.78, 5) is 12.5. The summed E-state index contributed by atoms with van der Waals surface area (Å²) < 4.78 is 39.6. The van der Waals surface area contributed by atoms with E-state index in [0.717, 1.165) is 36.8 Å². The van der Waals surface area contributed by atoms with Gasteiger partial charge in [-0.05, 0) is 98.9 Å². The van der Waals surface area contributed by atoms with Gasteiger partial charge in [0.1, 0.15) is 18.2 Å². The SMILES string of the molecule is C=CC1CCC2CC(c3ccc(C(=O)Oc4ccc(OC/C=C/C)c(F)c4)c(F)c3)CCC2C1. The Morgan fingerprint density at radius 3 is 2.56 bits per heavy atom. The van der Waals surface area contributed by atoms with Crippen LogP contribution in [-0.2, 0) is 0 Å². The van der Waals surface area contributed by atoms with Crippen molar-refractivity contribution < 1.29 is 23.0 Å². The molecule has 2 fully saturated rings. The molecule has 2 saturated carbocycles. The van der Waals surface area contributed by atoms with Gasteiger partial charge in [-0.25, -0.2) is 13.6 Å². The average Bonchev–Trinajstić information content (AvgIpc) is 2.84. The van der Waals surface area contributed by atoms with Crippen molar-refractivity contribution >= 4 is 5.97 Å². The van der Waals surface area contributed by atoms with E-state index >= 15 is 0 Å². The van der Waals surface area contributed by atoms with Crippen molar-refractivity contribution in [1.82, 2.24) is 0 Å². The van der Waals surface area contributed by atoms with Crippen LogP contribution >= 0.6 is 0 Å². The maximum absolute atomic E-state index is 14.9. The van der Waals surface area contributed by atoms with Crippen LogP contribution in [0.25, 0.3) is 0 Å². The molecular weight excluding hydrogens is 434 g/mol. The molecule has 5 heteroatoms. The Bertz CT molecular complexity index is 1060. The largest absolute Gasteiger partial charge is 0.486 e. The summed E-state index contributed by atoms with van der Waals surface area (Å²) >= 11 is 0. The third kappa shape index (κ3) is 5.57. The number of fused-ring (bicyclic) bond motifs is 1. The fraction of sp³-hybridized carbons (Fsp3) is 0.414. The molecule has 0 aromatic heterocycles. The first-order valence-corrected chi connectivity index (χ1v) is 12.2. The summed E-state index contributed by atoms with van der Waals surface area (Å²) in [6, 6.07) is 8.67. The van der Waals surface area contributed by atoms with Crippen LogP contribution < -0.4 is 9.47 Å². The number of allylic oxidation sites excluding steroid dienone is 2.